The van der Waals surface area contributed by atoms with Crippen molar-refractivity contribution in [3.8, 4) is 0 Å². The third-order valence-electron chi connectivity index (χ3n) is 1.88. The predicted molar refractivity (Wildman–Crippen MR) is 54.1 cm³/mol. The number of benzene rings is 1. The summed E-state index contributed by atoms with van der Waals surface area (Å²) in [6.45, 7) is 3.72. The lowest BCUT2D eigenvalue weighted by atomic mass is 10.2. The first-order valence-electron chi connectivity index (χ1n) is 4.23. The lowest BCUT2D eigenvalue weighted by Crippen LogP contribution is -2.15. The maximum Gasteiger partial charge on any atom is 0.0597 e. The van der Waals surface area contributed by atoms with E-state index < -0.39 is 10.8 Å². The van der Waals surface area contributed by atoms with Crippen LogP contribution in [0.4, 0.5) is 0 Å². The van der Waals surface area contributed by atoms with E-state index in [0.29, 0.717) is 0 Å². The molecule has 72 valence electrons. The van der Waals surface area contributed by atoms with Crippen LogP contribution in [0.25, 0.3) is 0 Å². The van der Waals surface area contributed by atoms with Gasteiger partial charge < -0.3 is 5.11 Å². The molecule has 1 aromatic carbocycles. The number of aryl methyl sites for hydroxylation is 1. The maximum absolute atomic E-state index is 11.6. The van der Waals surface area contributed by atoms with E-state index in [1.54, 1.807) is 6.92 Å². The molecule has 0 saturated carbocycles. The van der Waals surface area contributed by atoms with Gasteiger partial charge in [-0.15, -0.1) is 0 Å². The van der Waals surface area contributed by atoms with Crippen LogP contribution in [0.15, 0.2) is 29.2 Å². The van der Waals surface area contributed by atoms with Crippen LogP contribution >= 0.6 is 0 Å². The predicted octanol–water partition coefficient (Wildman–Crippen LogP) is 1.48. The van der Waals surface area contributed by atoms with Crippen LogP contribution in [0.5, 0.6) is 0 Å². The molecule has 0 spiro atoms. The minimum Gasteiger partial charge on any atom is -0.395 e. The molecule has 0 aliphatic carbocycles. The molecule has 0 saturated heterocycles. The van der Waals surface area contributed by atoms with Gasteiger partial charge >= 0.3 is 0 Å². The van der Waals surface area contributed by atoms with Crippen LogP contribution in [0, 0.1) is 6.92 Å². The van der Waals surface area contributed by atoms with Crippen molar-refractivity contribution in [1.29, 1.82) is 0 Å². The Balaban J connectivity index is 2.83. The van der Waals surface area contributed by atoms with Crippen molar-refractivity contribution in [3.63, 3.8) is 0 Å². The Morgan fingerprint density at radius 1 is 1.38 bits per heavy atom. The minimum atomic E-state index is -1.09. The van der Waals surface area contributed by atoms with Crippen LogP contribution in [0.2, 0.25) is 0 Å². The van der Waals surface area contributed by atoms with E-state index in [0.717, 1.165) is 10.5 Å². The quantitative estimate of drug-likeness (QED) is 0.799. The van der Waals surface area contributed by atoms with Gasteiger partial charge in [0.1, 0.15) is 0 Å². The van der Waals surface area contributed by atoms with Gasteiger partial charge in [-0.25, -0.2) is 0 Å². The molecule has 1 unspecified atom stereocenters. The molecule has 0 amide bonds. The van der Waals surface area contributed by atoms with Gasteiger partial charge in [-0.05, 0) is 26.0 Å². The van der Waals surface area contributed by atoms with E-state index in [-0.39, 0.29) is 11.9 Å². The van der Waals surface area contributed by atoms with Crippen LogP contribution in [0.1, 0.15) is 12.5 Å². The fraction of sp³-hybridized carbons (Fsp3) is 0.400. The Hall–Kier alpha value is -0.670. The Bertz CT molecular complexity index is 292. The first kappa shape index (κ1) is 10.4. The van der Waals surface area contributed by atoms with Gasteiger partial charge in [0.15, 0.2) is 0 Å². The highest BCUT2D eigenvalue weighted by molar-refractivity contribution is 7.85. The molecule has 0 fully saturated rings. The third-order valence-corrected chi connectivity index (χ3v) is 3.49. The van der Waals surface area contributed by atoms with Crippen molar-refractivity contribution in [2.45, 2.75) is 24.0 Å². The van der Waals surface area contributed by atoms with Crippen LogP contribution in [-0.2, 0) is 10.8 Å². The van der Waals surface area contributed by atoms with Crippen molar-refractivity contribution >= 4 is 10.8 Å². The number of rotatable bonds is 3. The van der Waals surface area contributed by atoms with Crippen LogP contribution in [0.3, 0.4) is 0 Å². The van der Waals surface area contributed by atoms with Gasteiger partial charge in [0, 0.05) is 4.90 Å². The Labute approximate surface area is 81.1 Å². The largest absolute Gasteiger partial charge is 0.395 e. The summed E-state index contributed by atoms with van der Waals surface area (Å²) >= 11 is 0. The van der Waals surface area contributed by atoms with E-state index in [9.17, 15) is 4.21 Å². The van der Waals surface area contributed by atoms with Gasteiger partial charge in [-0.3, -0.25) is 4.21 Å². The summed E-state index contributed by atoms with van der Waals surface area (Å²) in [5.74, 6) is 0. The highest BCUT2D eigenvalue weighted by atomic mass is 32.2. The average Bonchev–Trinajstić information content (AvgIpc) is 2.17. The highest BCUT2D eigenvalue weighted by Crippen LogP contribution is 2.11. The molecule has 1 N–H and O–H groups in total. The molecule has 0 heterocycles. The Morgan fingerprint density at radius 2 is 1.92 bits per heavy atom. The van der Waals surface area contributed by atoms with E-state index in [2.05, 4.69) is 0 Å². The molecule has 2 nitrogen and oxygen atoms in total. The SMILES string of the molecule is Cc1ccc(S(=O)[C@H](C)CO)cc1. The number of aliphatic hydroxyl groups excluding tert-OH is 1. The zero-order valence-electron chi connectivity index (χ0n) is 7.86. The van der Waals surface area contributed by atoms with Crippen molar-refractivity contribution in [2.75, 3.05) is 6.61 Å². The average molecular weight is 198 g/mol. The Morgan fingerprint density at radius 3 is 2.38 bits per heavy atom. The fourth-order valence-corrected chi connectivity index (χ4v) is 1.98. The maximum atomic E-state index is 11.6. The number of aliphatic hydroxyl groups is 1. The lowest BCUT2D eigenvalue weighted by Gasteiger charge is -2.07. The van der Waals surface area contributed by atoms with Crippen LogP contribution in [-0.4, -0.2) is 21.2 Å². The molecule has 0 aromatic heterocycles. The standard InChI is InChI=1S/C10H14O2S/c1-8-3-5-10(6-4-8)13(12)9(2)7-11/h3-6,9,11H,7H2,1-2H3/t9-,13?/m1/s1. The number of hydrogen-bond acceptors (Lipinski definition) is 2. The van der Waals surface area contributed by atoms with Crippen LogP contribution < -0.4 is 0 Å². The number of hydrogen-bond donors (Lipinski definition) is 1. The molecule has 3 heteroatoms. The second kappa shape index (κ2) is 4.53. The lowest BCUT2D eigenvalue weighted by molar-refractivity contribution is 0.298. The molecular formula is C10H14O2S. The molecule has 13 heavy (non-hydrogen) atoms. The summed E-state index contributed by atoms with van der Waals surface area (Å²) < 4.78 is 11.6. The molecule has 1 rings (SSSR count). The van der Waals surface area contributed by atoms with E-state index in [1.165, 1.54) is 0 Å². The molecule has 0 aliphatic rings. The Kier molecular flexibility index (Phi) is 3.63. The van der Waals surface area contributed by atoms with Gasteiger partial charge in [0.25, 0.3) is 0 Å². The topological polar surface area (TPSA) is 37.3 Å². The van der Waals surface area contributed by atoms with Gasteiger partial charge in [0.05, 0.1) is 22.7 Å². The van der Waals surface area contributed by atoms with Gasteiger partial charge in [0.2, 0.25) is 0 Å². The molecule has 1 aromatic rings. The monoisotopic (exact) mass is 198 g/mol. The van der Waals surface area contributed by atoms with Crippen molar-refractivity contribution in [2.24, 2.45) is 0 Å². The third kappa shape index (κ3) is 2.64. The summed E-state index contributed by atoms with van der Waals surface area (Å²) in [5.41, 5.74) is 1.15. The van der Waals surface area contributed by atoms with Crippen molar-refractivity contribution in [1.82, 2.24) is 0 Å². The minimum absolute atomic E-state index is 0.0412. The van der Waals surface area contributed by atoms with Gasteiger partial charge in [-0.1, -0.05) is 17.7 Å². The zero-order chi connectivity index (χ0) is 9.84. The summed E-state index contributed by atoms with van der Waals surface area (Å²) in [6.07, 6.45) is 0. The van der Waals surface area contributed by atoms with Crippen molar-refractivity contribution < 1.29 is 9.32 Å². The normalized spacial score (nSPS) is 15.3. The smallest absolute Gasteiger partial charge is 0.0597 e. The van der Waals surface area contributed by atoms with E-state index in [1.807, 2.05) is 31.2 Å². The van der Waals surface area contributed by atoms with E-state index >= 15 is 0 Å². The molecule has 0 bridgehead atoms. The van der Waals surface area contributed by atoms with Gasteiger partial charge in [-0.2, -0.15) is 0 Å². The molecule has 0 aliphatic heterocycles. The summed E-state index contributed by atoms with van der Waals surface area (Å²) in [6, 6.07) is 7.55. The van der Waals surface area contributed by atoms with E-state index in [4.69, 9.17) is 5.11 Å². The summed E-state index contributed by atoms with van der Waals surface area (Å²) in [4.78, 5) is 0.784. The summed E-state index contributed by atoms with van der Waals surface area (Å²) in [7, 11) is -1.09. The zero-order valence-corrected chi connectivity index (χ0v) is 8.67. The second-order valence-electron chi connectivity index (χ2n) is 3.10. The first-order valence-corrected chi connectivity index (χ1v) is 5.44. The summed E-state index contributed by atoms with van der Waals surface area (Å²) in [5, 5.41) is 8.64. The second-order valence-corrected chi connectivity index (χ2v) is 4.97. The highest BCUT2D eigenvalue weighted by Gasteiger charge is 2.11. The molecule has 0 radical (unpaired) electrons. The first-order chi connectivity index (χ1) is 6.15. The van der Waals surface area contributed by atoms with Crippen molar-refractivity contribution in [3.05, 3.63) is 29.8 Å². The molecular weight excluding hydrogens is 184 g/mol. The molecule has 2 atom stereocenters. The fourth-order valence-electron chi connectivity index (χ4n) is 0.972.